The quantitative estimate of drug-likeness (QED) is 0.203. The SMILES string of the molecule is COc1cc(Cl)cc(NC(=O)c2cc3ccccc3c(N=Nc3c(S(=O)(=O)O)ccc(C)c3Cl)c2[O-])c1.[Na+]. The standard InChI is InChI=1S/C25H19Cl2N3O6S.Na/c1-13-7-8-20(37(33,34)35)23(21(13)27)30-29-22-18-6-4-3-5-14(18)9-19(24(22)31)25(32)28-16-10-15(26)11-17(12-16)36-2;/h3-12,31H,1-2H3,(H,28,32)(H,33,34,35);/q;+1/p-1. The fourth-order valence-electron chi connectivity index (χ4n) is 3.58. The zero-order valence-corrected chi connectivity index (χ0v) is 24.6. The Balaban J connectivity index is 0.00000400. The number of ether oxygens (including phenoxy) is 1. The van der Waals surface area contributed by atoms with Gasteiger partial charge in [-0.15, -0.1) is 5.11 Å². The van der Waals surface area contributed by atoms with Gasteiger partial charge in [0, 0.05) is 27.7 Å². The molecule has 0 radical (unpaired) electrons. The van der Waals surface area contributed by atoms with Crippen molar-refractivity contribution in [2.45, 2.75) is 11.8 Å². The molecule has 2 N–H and O–H groups in total. The van der Waals surface area contributed by atoms with Gasteiger partial charge in [0.15, 0.2) is 0 Å². The van der Waals surface area contributed by atoms with Crippen LogP contribution in [0.1, 0.15) is 15.9 Å². The summed E-state index contributed by atoms with van der Waals surface area (Å²) in [5, 5.41) is 25.1. The zero-order chi connectivity index (χ0) is 26.9. The maximum absolute atomic E-state index is 13.4. The second kappa shape index (κ2) is 12.0. The third-order valence-electron chi connectivity index (χ3n) is 5.39. The normalized spacial score (nSPS) is 11.4. The Kier molecular flexibility index (Phi) is 9.43. The molecule has 0 bridgehead atoms. The van der Waals surface area contributed by atoms with Crippen LogP contribution in [0.3, 0.4) is 0 Å². The van der Waals surface area contributed by atoms with Crippen molar-refractivity contribution in [3.05, 3.63) is 81.8 Å². The summed E-state index contributed by atoms with van der Waals surface area (Å²) in [6.07, 6.45) is 0. The molecule has 190 valence electrons. The number of amides is 1. The number of carbonyl (C=O) groups is 1. The van der Waals surface area contributed by atoms with E-state index < -0.39 is 26.7 Å². The summed E-state index contributed by atoms with van der Waals surface area (Å²) in [4.78, 5) is 12.5. The summed E-state index contributed by atoms with van der Waals surface area (Å²) < 4.78 is 38.5. The van der Waals surface area contributed by atoms with Gasteiger partial charge >= 0.3 is 29.6 Å². The predicted octanol–water partition coefficient (Wildman–Crippen LogP) is 3.46. The van der Waals surface area contributed by atoms with Crippen LogP contribution in [0.4, 0.5) is 17.1 Å². The first kappa shape index (κ1) is 29.9. The molecule has 0 saturated carbocycles. The van der Waals surface area contributed by atoms with Gasteiger partial charge in [-0.05, 0) is 42.1 Å². The number of methoxy groups -OCH3 is 1. The Morgan fingerprint density at radius 2 is 1.71 bits per heavy atom. The Hall–Kier alpha value is -2.70. The van der Waals surface area contributed by atoms with E-state index in [1.165, 1.54) is 31.4 Å². The molecule has 4 aromatic rings. The summed E-state index contributed by atoms with van der Waals surface area (Å²) in [5.74, 6) is -1.09. The van der Waals surface area contributed by atoms with Gasteiger partial charge in [-0.3, -0.25) is 9.35 Å². The van der Waals surface area contributed by atoms with Crippen molar-refractivity contribution in [2.24, 2.45) is 10.2 Å². The summed E-state index contributed by atoms with van der Waals surface area (Å²) >= 11 is 12.3. The molecule has 0 spiro atoms. The molecule has 38 heavy (non-hydrogen) atoms. The van der Waals surface area contributed by atoms with E-state index in [1.54, 1.807) is 37.3 Å². The number of halogens is 2. The van der Waals surface area contributed by atoms with Crippen molar-refractivity contribution in [1.29, 1.82) is 0 Å². The van der Waals surface area contributed by atoms with Crippen molar-refractivity contribution < 1.29 is 57.2 Å². The first-order valence-corrected chi connectivity index (χ1v) is 12.8. The average Bonchev–Trinajstić information content (AvgIpc) is 2.84. The van der Waals surface area contributed by atoms with Crippen LogP contribution in [0, 0.1) is 6.92 Å². The molecule has 4 rings (SSSR count). The van der Waals surface area contributed by atoms with E-state index in [0.29, 0.717) is 32.8 Å². The molecular weight excluding hydrogens is 564 g/mol. The number of fused-ring (bicyclic) bond motifs is 1. The molecule has 0 unspecified atom stereocenters. The largest absolute Gasteiger partial charge is 1.00 e. The van der Waals surface area contributed by atoms with Crippen LogP contribution in [0.15, 0.2) is 75.8 Å². The third kappa shape index (κ3) is 6.29. The van der Waals surface area contributed by atoms with Crippen LogP contribution in [0.25, 0.3) is 10.8 Å². The van der Waals surface area contributed by atoms with E-state index in [0.717, 1.165) is 6.07 Å². The molecule has 1 amide bonds. The maximum atomic E-state index is 13.4. The molecule has 0 saturated heterocycles. The number of benzene rings is 4. The summed E-state index contributed by atoms with van der Waals surface area (Å²) in [7, 11) is -3.25. The summed E-state index contributed by atoms with van der Waals surface area (Å²) in [6, 6.07) is 15.2. The molecule has 0 fully saturated rings. The van der Waals surface area contributed by atoms with Gasteiger partial charge in [0.05, 0.1) is 17.8 Å². The molecule has 0 aromatic heterocycles. The number of carbonyl (C=O) groups excluding carboxylic acids is 1. The summed E-state index contributed by atoms with van der Waals surface area (Å²) in [5.41, 5.74) is -0.0223. The van der Waals surface area contributed by atoms with E-state index in [-0.39, 0.29) is 51.5 Å². The van der Waals surface area contributed by atoms with Gasteiger partial charge in [0.2, 0.25) is 0 Å². The van der Waals surface area contributed by atoms with Crippen molar-refractivity contribution in [2.75, 3.05) is 12.4 Å². The number of hydrogen-bond donors (Lipinski definition) is 2. The van der Waals surface area contributed by atoms with E-state index in [1.807, 2.05) is 0 Å². The minimum absolute atomic E-state index is 0. The van der Waals surface area contributed by atoms with Crippen molar-refractivity contribution in [3.8, 4) is 11.5 Å². The third-order valence-corrected chi connectivity index (χ3v) is 6.97. The number of rotatable bonds is 6. The molecule has 0 aliphatic heterocycles. The van der Waals surface area contributed by atoms with Crippen LogP contribution in [0.5, 0.6) is 11.5 Å². The van der Waals surface area contributed by atoms with Gasteiger partial charge in [-0.25, -0.2) is 0 Å². The second-order valence-corrected chi connectivity index (χ2v) is 10.1. The number of aryl methyl sites for hydroxylation is 1. The van der Waals surface area contributed by atoms with Crippen LogP contribution in [0.2, 0.25) is 10.0 Å². The first-order chi connectivity index (χ1) is 17.5. The number of nitrogens with zero attached hydrogens (tertiary/aromatic N) is 2. The fraction of sp³-hybridized carbons (Fsp3) is 0.0800. The average molecular weight is 582 g/mol. The smallest absolute Gasteiger partial charge is 0.870 e. The fourth-order valence-corrected chi connectivity index (χ4v) is 4.69. The van der Waals surface area contributed by atoms with E-state index >= 15 is 0 Å². The van der Waals surface area contributed by atoms with E-state index in [9.17, 15) is 22.9 Å². The molecule has 0 aliphatic carbocycles. The van der Waals surface area contributed by atoms with Crippen LogP contribution < -0.4 is 44.7 Å². The maximum Gasteiger partial charge on any atom is 1.00 e. The van der Waals surface area contributed by atoms with Gasteiger partial charge in [0.25, 0.3) is 16.0 Å². The topological polar surface area (TPSA) is 140 Å². The van der Waals surface area contributed by atoms with Gasteiger partial charge in [-0.2, -0.15) is 13.5 Å². The van der Waals surface area contributed by atoms with Crippen molar-refractivity contribution in [3.63, 3.8) is 0 Å². The van der Waals surface area contributed by atoms with Crippen LogP contribution in [-0.2, 0) is 10.1 Å². The molecule has 0 atom stereocenters. The van der Waals surface area contributed by atoms with Crippen molar-refractivity contribution in [1.82, 2.24) is 0 Å². The Morgan fingerprint density at radius 3 is 2.39 bits per heavy atom. The first-order valence-electron chi connectivity index (χ1n) is 10.6. The monoisotopic (exact) mass is 581 g/mol. The second-order valence-electron chi connectivity index (χ2n) is 7.88. The zero-order valence-electron chi connectivity index (χ0n) is 20.3. The molecule has 4 aromatic carbocycles. The van der Waals surface area contributed by atoms with Crippen LogP contribution >= 0.6 is 23.2 Å². The summed E-state index contributed by atoms with van der Waals surface area (Å²) in [6.45, 7) is 1.61. The van der Waals surface area contributed by atoms with Crippen molar-refractivity contribution >= 4 is 67.1 Å². The Morgan fingerprint density at radius 1 is 1.03 bits per heavy atom. The molecule has 9 nitrogen and oxygen atoms in total. The molecule has 13 heteroatoms. The molecular formula is C25H18Cl2N3NaO6S. The van der Waals surface area contributed by atoms with E-state index in [2.05, 4.69) is 15.5 Å². The minimum Gasteiger partial charge on any atom is -0.870 e. The van der Waals surface area contributed by atoms with Gasteiger partial charge in [0.1, 0.15) is 16.3 Å². The van der Waals surface area contributed by atoms with E-state index in [4.69, 9.17) is 27.9 Å². The number of anilines is 1. The number of hydrogen-bond acceptors (Lipinski definition) is 7. The van der Waals surface area contributed by atoms with Crippen LogP contribution in [-0.4, -0.2) is 26.0 Å². The molecule has 0 heterocycles. The number of azo groups is 1. The van der Waals surface area contributed by atoms with Gasteiger partial charge in [-0.1, -0.05) is 59.3 Å². The number of nitrogens with one attached hydrogen (secondary N) is 1. The minimum atomic E-state index is -4.70. The Bertz CT molecular complexity index is 1700. The predicted molar refractivity (Wildman–Crippen MR) is 140 cm³/mol. The Labute approximate surface area is 250 Å². The van der Waals surface area contributed by atoms with Gasteiger partial charge < -0.3 is 15.2 Å². The molecule has 0 aliphatic rings.